The molecule has 0 rings (SSSR count). The minimum absolute atomic E-state index is 0.200. The summed E-state index contributed by atoms with van der Waals surface area (Å²) in [6.45, 7) is 2.78. The van der Waals surface area contributed by atoms with Crippen LogP contribution in [0.2, 0.25) is 37.3 Å². The van der Waals surface area contributed by atoms with Gasteiger partial charge < -0.3 is 28.8 Å². The van der Waals surface area contributed by atoms with Crippen molar-refractivity contribution < 1.29 is 28.8 Å². The van der Waals surface area contributed by atoms with Crippen LogP contribution in [0.25, 0.3) is 0 Å². The molecule has 0 saturated heterocycles. The van der Waals surface area contributed by atoms with E-state index in [1.807, 2.05) is 0 Å². The monoisotopic (exact) mass is 300 g/mol. The minimum atomic E-state index is -3.30. The molecule has 6 N–H and O–H groups in total. The smallest absolute Gasteiger partial charge is 0.332 e. The maximum absolute atomic E-state index is 9.71. The van der Waals surface area contributed by atoms with Crippen LogP contribution in [0.3, 0.4) is 0 Å². The molecule has 0 amide bonds. The van der Waals surface area contributed by atoms with Crippen LogP contribution < -0.4 is 0 Å². The van der Waals surface area contributed by atoms with Crippen molar-refractivity contribution in [1.29, 1.82) is 0 Å². The summed E-state index contributed by atoms with van der Waals surface area (Å²) in [5.41, 5.74) is 0. The van der Waals surface area contributed by atoms with E-state index in [0.717, 1.165) is 0 Å². The van der Waals surface area contributed by atoms with Crippen molar-refractivity contribution in [3.05, 3.63) is 0 Å². The molecule has 0 atom stereocenters. The van der Waals surface area contributed by atoms with Crippen molar-refractivity contribution in [1.82, 2.24) is 0 Å². The fraction of sp³-hybridized carbons (Fsp3) is 1.00. The van der Waals surface area contributed by atoms with Crippen molar-refractivity contribution in [2.75, 3.05) is 0 Å². The van der Waals surface area contributed by atoms with Crippen LogP contribution in [0.5, 0.6) is 0 Å². The summed E-state index contributed by atoms with van der Waals surface area (Å²) >= 11 is 0. The lowest BCUT2D eigenvalue weighted by Gasteiger charge is -2.20. The van der Waals surface area contributed by atoms with Crippen molar-refractivity contribution in [2.45, 2.75) is 50.1 Å². The highest BCUT2D eigenvalue weighted by molar-refractivity contribution is 6.66. The van der Waals surface area contributed by atoms with E-state index in [9.17, 15) is 28.8 Å². The summed E-state index contributed by atoms with van der Waals surface area (Å²) in [5, 5.41) is 0. The molecule has 0 bridgehead atoms. The first-order valence-electron chi connectivity index (χ1n) is 5.76. The van der Waals surface area contributed by atoms with Gasteiger partial charge in [0.2, 0.25) is 0 Å². The molecule has 0 unspecified atom stereocenters. The summed E-state index contributed by atoms with van der Waals surface area (Å²) in [6, 6.07) is 0.863. The molecule has 0 aromatic carbocycles. The highest BCUT2D eigenvalue weighted by Crippen LogP contribution is 2.20. The topological polar surface area (TPSA) is 121 Å². The minimum Gasteiger partial charge on any atom is -0.411 e. The van der Waals surface area contributed by atoms with Gasteiger partial charge in [0, 0.05) is 0 Å². The van der Waals surface area contributed by atoms with Crippen molar-refractivity contribution in [2.24, 2.45) is 0 Å². The van der Waals surface area contributed by atoms with Crippen LogP contribution in [0.1, 0.15) is 12.8 Å². The van der Waals surface area contributed by atoms with Crippen LogP contribution >= 0.6 is 0 Å². The Kier molecular flexibility index (Phi) is 6.70. The molecule has 0 aromatic heterocycles. The molecule has 0 aliphatic rings. The summed E-state index contributed by atoms with van der Waals surface area (Å²) in [4.78, 5) is 56.1. The van der Waals surface area contributed by atoms with Crippen molar-refractivity contribution in [3.8, 4) is 0 Å². The fourth-order valence-corrected chi connectivity index (χ4v) is 5.67. The normalized spacial score (nSPS) is 14.1. The zero-order chi connectivity index (χ0) is 13.7. The Hall–Kier alpha value is 0.411. The SMILES string of the molecule is C[Si](O)(O)CCC[Si](O)(O)CCC[Si](C)(O)O. The summed E-state index contributed by atoms with van der Waals surface area (Å²) in [6.07, 6.45) is 0.782. The zero-order valence-electron chi connectivity index (χ0n) is 10.4. The number of rotatable bonds is 8. The second-order valence-electron chi connectivity index (χ2n) is 5.12. The molecule has 6 nitrogen and oxygen atoms in total. The van der Waals surface area contributed by atoms with Gasteiger partial charge in [-0.25, -0.2) is 0 Å². The van der Waals surface area contributed by atoms with E-state index in [4.69, 9.17) is 0 Å². The molecule has 0 heterocycles. The van der Waals surface area contributed by atoms with Gasteiger partial charge in [-0.15, -0.1) is 0 Å². The molecule has 0 spiro atoms. The lowest BCUT2D eigenvalue weighted by Crippen LogP contribution is -2.37. The average molecular weight is 301 g/mol. The van der Waals surface area contributed by atoms with Gasteiger partial charge in [-0.1, -0.05) is 0 Å². The van der Waals surface area contributed by atoms with Gasteiger partial charge in [0.25, 0.3) is 0 Å². The quantitative estimate of drug-likeness (QED) is 0.330. The molecule has 104 valence electrons. The lowest BCUT2D eigenvalue weighted by molar-refractivity contribution is 0.346. The van der Waals surface area contributed by atoms with Crippen molar-refractivity contribution >= 4 is 25.7 Å². The van der Waals surface area contributed by atoms with Crippen LogP contribution in [0.15, 0.2) is 0 Å². The molecule has 0 aliphatic carbocycles. The highest BCUT2D eigenvalue weighted by atomic mass is 28.4. The average Bonchev–Trinajstić information content (AvgIpc) is 1.96. The van der Waals surface area contributed by atoms with Gasteiger partial charge in [0.15, 0.2) is 0 Å². The van der Waals surface area contributed by atoms with Crippen LogP contribution in [-0.2, 0) is 0 Å². The van der Waals surface area contributed by atoms with Gasteiger partial charge in [-0.3, -0.25) is 0 Å². The van der Waals surface area contributed by atoms with Gasteiger partial charge in [-0.2, -0.15) is 0 Å². The first-order valence-corrected chi connectivity index (χ1v) is 13.3. The third-order valence-electron chi connectivity index (χ3n) is 2.46. The van der Waals surface area contributed by atoms with Crippen LogP contribution in [0.4, 0.5) is 0 Å². The molecule has 0 aliphatic heterocycles. The Morgan fingerprint density at radius 1 is 0.588 bits per heavy atom. The summed E-state index contributed by atoms with van der Waals surface area (Å²) in [7, 11) is -9.49. The first-order chi connectivity index (χ1) is 7.41. The predicted octanol–water partition coefficient (Wildman–Crippen LogP) is -0.693. The van der Waals surface area contributed by atoms with E-state index >= 15 is 0 Å². The number of hydrogen-bond donors (Lipinski definition) is 6. The predicted molar refractivity (Wildman–Crippen MR) is 70.8 cm³/mol. The van der Waals surface area contributed by atoms with E-state index in [2.05, 4.69) is 0 Å². The van der Waals surface area contributed by atoms with Crippen molar-refractivity contribution in [3.63, 3.8) is 0 Å². The largest absolute Gasteiger partial charge is 0.411 e. The highest BCUT2D eigenvalue weighted by Gasteiger charge is 2.32. The van der Waals surface area contributed by atoms with Crippen LogP contribution in [-0.4, -0.2) is 54.5 Å². The van der Waals surface area contributed by atoms with E-state index in [1.165, 1.54) is 13.1 Å². The Morgan fingerprint density at radius 3 is 1.12 bits per heavy atom. The molecule has 0 aromatic rings. The standard InChI is InChI=1S/C8H24O6Si3/c1-15(9,10)5-3-7-17(13,14)8-4-6-16(2,11)12/h9-14H,3-8H2,1-2H3. The maximum Gasteiger partial charge on any atom is 0.332 e. The van der Waals surface area contributed by atoms with E-state index in [1.54, 1.807) is 0 Å². The Morgan fingerprint density at radius 2 is 0.882 bits per heavy atom. The fourth-order valence-electron chi connectivity index (χ4n) is 1.54. The molecule has 17 heavy (non-hydrogen) atoms. The molecule has 0 radical (unpaired) electrons. The van der Waals surface area contributed by atoms with E-state index in [-0.39, 0.29) is 24.2 Å². The lowest BCUT2D eigenvalue weighted by atomic mass is 10.6. The molecule has 9 heteroatoms. The zero-order valence-corrected chi connectivity index (χ0v) is 13.4. The summed E-state index contributed by atoms with van der Waals surface area (Å²) in [5.74, 6) is 0. The number of hydrogen-bond acceptors (Lipinski definition) is 6. The first kappa shape index (κ1) is 17.4. The van der Waals surface area contributed by atoms with Crippen LogP contribution in [0, 0.1) is 0 Å². The summed E-state index contributed by atoms with van der Waals surface area (Å²) < 4.78 is 0. The molecular formula is C8H24O6Si3. The Balaban J connectivity index is 3.81. The van der Waals surface area contributed by atoms with Gasteiger partial charge in [0.05, 0.1) is 0 Å². The molecule has 0 saturated carbocycles. The van der Waals surface area contributed by atoms with Gasteiger partial charge in [-0.05, 0) is 50.1 Å². The van der Waals surface area contributed by atoms with E-state index in [0.29, 0.717) is 12.8 Å². The Labute approximate surface area is 105 Å². The maximum atomic E-state index is 9.71. The third-order valence-corrected chi connectivity index (χ3v) is 7.37. The Bertz CT molecular complexity index is 200. The van der Waals surface area contributed by atoms with E-state index < -0.39 is 25.7 Å². The second kappa shape index (κ2) is 6.54. The third kappa shape index (κ3) is 12.7. The second-order valence-corrected chi connectivity index (χ2v) is 14.0. The molecule has 0 fully saturated rings. The molecular weight excluding hydrogens is 276 g/mol. The van der Waals surface area contributed by atoms with Gasteiger partial charge in [0.1, 0.15) is 0 Å². The van der Waals surface area contributed by atoms with Gasteiger partial charge >= 0.3 is 25.7 Å².